The molecule has 1 aliphatic rings. The molecular formula is C30H34N2O7S. The molecule has 1 unspecified atom stereocenters. The minimum atomic E-state index is -0.769. The SMILES string of the molecule is COC(=O)C1=C(C)N=c2s/c(=C\c3ccc(OC)c(OC)c3)c(=O)n2C1c1ccc(OCCC(C)C)c(OC)c1. The molecule has 0 amide bonds. The Labute approximate surface area is 236 Å². The van der Waals surface area contributed by atoms with Gasteiger partial charge in [0.25, 0.3) is 5.56 Å². The molecule has 2 heterocycles. The maximum absolute atomic E-state index is 13.9. The fourth-order valence-electron chi connectivity index (χ4n) is 4.48. The Morgan fingerprint density at radius 2 is 1.68 bits per heavy atom. The van der Waals surface area contributed by atoms with Crippen LogP contribution in [0.5, 0.6) is 23.0 Å². The van der Waals surface area contributed by atoms with Gasteiger partial charge in [0.05, 0.1) is 56.9 Å². The normalized spacial score (nSPS) is 15.0. The lowest BCUT2D eigenvalue weighted by Crippen LogP contribution is -2.39. The molecule has 0 radical (unpaired) electrons. The average molecular weight is 567 g/mol. The molecular weight excluding hydrogens is 532 g/mol. The van der Waals surface area contributed by atoms with E-state index in [1.54, 1.807) is 58.6 Å². The number of carbonyl (C=O) groups is 1. The van der Waals surface area contributed by atoms with Gasteiger partial charge >= 0.3 is 5.97 Å². The summed E-state index contributed by atoms with van der Waals surface area (Å²) >= 11 is 1.24. The largest absolute Gasteiger partial charge is 0.493 e. The zero-order valence-corrected chi connectivity index (χ0v) is 24.6. The van der Waals surface area contributed by atoms with Gasteiger partial charge in [-0.2, -0.15) is 0 Å². The number of aromatic nitrogens is 1. The monoisotopic (exact) mass is 566 g/mol. The summed E-state index contributed by atoms with van der Waals surface area (Å²) < 4.78 is 29.4. The molecule has 10 heteroatoms. The smallest absolute Gasteiger partial charge is 0.338 e. The highest BCUT2D eigenvalue weighted by Gasteiger charge is 2.33. The lowest BCUT2D eigenvalue weighted by Gasteiger charge is -2.25. The third-order valence-electron chi connectivity index (χ3n) is 6.59. The number of hydrogen-bond donors (Lipinski definition) is 0. The Kier molecular flexibility index (Phi) is 8.99. The number of ether oxygens (including phenoxy) is 5. The van der Waals surface area contributed by atoms with Crippen LogP contribution in [-0.2, 0) is 9.53 Å². The van der Waals surface area contributed by atoms with Crippen LogP contribution >= 0.6 is 11.3 Å². The van der Waals surface area contributed by atoms with E-state index in [1.807, 2.05) is 12.1 Å². The van der Waals surface area contributed by atoms with Crippen molar-refractivity contribution in [3.63, 3.8) is 0 Å². The first-order chi connectivity index (χ1) is 19.2. The Hall–Kier alpha value is -4.05. The van der Waals surface area contributed by atoms with Crippen molar-refractivity contribution in [1.82, 2.24) is 4.57 Å². The van der Waals surface area contributed by atoms with Gasteiger partial charge in [0.2, 0.25) is 0 Å². The van der Waals surface area contributed by atoms with Crippen LogP contribution in [0.3, 0.4) is 0 Å². The first-order valence-corrected chi connectivity index (χ1v) is 13.7. The summed E-state index contributed by atoms with van der Waals surface area (Å²) in [5, 5.41) is 0. The molecule has 0 fully saturated rings. The zero-order chi connectivity index (χ0) is 29.0. The number of carbonyl (C=O) groups excluding carboxylic acids is 1. The minimum absolute atomic E-state index is 0.281. The molecule has 1 aliphatic heterocycles. The second kappa shape index (κ2) is 12.4. The van der Waals surface area contributed by atoms with Crippen molar-refractivity contribution in [1.29, 1.82) is 0 Å². The van der Waals surface area contributed by atoms with Crippen LogP contribution in [0.1, 0.15) is 44.4 Å². The van der Waals surface area contributed by atoms with Crippen LogP contribution in [0.25, 0.3) is 6.08 Å². The molecule has 0 spiro atoms. The maximum atomic E-state index is 13.9. The number of benzene rings is 2. The summed E-state index contributed by atoms with van der Waals surface area (Å²) in [6, 6.07) is 10.1. The van der Waals surface area contributed by atoms with Crippen molar-refractivity contribution < 1.29 is 28.5 Å². The van der Waals surface area contributed by atoms with E-state index in [0.717, 1.165) is 12.0 Å². The molecule has 0 bridgehead atoms. The molecule has 4 rings (SSSR count). The van der Waals surface area contributed by atoms with Crippen molar-refractivity contribution in [3.05, 3.63) is 78.5 Å². The number of allylic oxidation sites excluding steroid dienone is 1. The predicted octanol–water partition coefficient (Wildman–Crippen LogP) is 3.86. The summed E-state index contributed by atoms with van der Waals surface area (Å²) in [6.07, 6.45) is 2.67. The number of esters is 1. The van der Waals surface area contributed by atoms with Gasteiger partial charge in [0.1, 0.15) is 0 Å². The molecule has 1 aromatic heterocycles. The molecule has 1 atom stereocenters. The Bertz CT molecular complexity index is 1620. The van der Waals surface area contributed by atoms with Gasteiger partial charge in [-0.3, -0.25) is 9.36 Å². The van der Waals surface area contributed by atoms with Crippen LogP contribution in [0.15, 0.2) is 57.5 Å². The Balaban J connectivity index is 1.86. The van der Waals surface area contributed by atoms with E-state index in [-0.39, 0.29) is 11.1 Å². The van der Waals surface area contributed by atoms with Crippen LogP contribution in [-0.4, -0.2) is 45.6 Å². The Morgan fingerprint density at radius 1 is 1.00 bits per heavy atom. The number of rotatable bonds is 10. The third-order valence-corrected chi connectivity index (χ3v) is 7.57. The highest BCUT2D eigenvalue weighted by molar-refractivity contribution is 7.07. The van der Waals surface area contributed by atoms with E-state index in [4.69, 9.17) is 23.7 Å². The van der Waals surface area contributed by atoms with Crippen LogP contribution in [0, 0.1) is 5.92 Å². The Morgan fingerprint density at radius 3 is 2.33 bits per heavy atom. The molecule has 212 valence electrons. The fraction of sp³-hybridized carbons (Fsp3) is 0.367. The van der Waals surface area contributed by atoms with Gasteiger partial charge in [0.15, 0.2) is 27.8 Å². The fourth-order valence-corrected chi connectivity index (χ4v) is 5.53. The van der Waals surface area contributed by atoms with Crippen molar-refractivity contribution in [2.24, 2.45) is 10.9 Å². The predicted molar refractivity (Wildman–Crippen MR) is 153 cm³/mol. The maximum Gasteiger partial charge on any atom is 0.338 e. The van der Waals surface area contributed by atoms with Gasteiger partial charge in [-0.1, -0.05) is 37.3 Å². The van der Waals surface area contributed by atoms with Crippen molar-refractivity contribution >= 4 is 23.4 Å². The van der Waals surface area contributed by atoms with Crippen molar-refractivity contribution in [3.8, 4) is 23.0 Å². The zero-order valence-electron chi connectivity index (χ0n) is 23.8. The van der Waals surface area contributed by atoms with E-state index in [2.05, 4.69) is 18.8 Å². The summed E-state index contributed by atoms with van der Waals surface area (Å²) in [7, 11) is 6.00. The average Bonchev–Trinajstić information content (AvgIpc) is 3.25. The van der Waals surface area contributed by atoms with Crippen molar-refractivity contribution in [2.45, 2.75) is 33.2 Å². The molecule has 0 aliphatic carbocycles. The van der Waals surface area contributed by atoms with Gasteiger partial charge in [-0.25, -0.2) is 9.79 Å². The van der Waals surface area contributed by atoms with Gasteiger partial charge in [-0.15, -0.1) is 0 Å². The molecule has 2 aromatic carbocycles. The third kappa shape index (κ3) is 5.77. The summed E-state index contributed by atoms with van der Waals surface area (Å²) in [5.41, 5.74) is 1.90. The molecule has 0 N–H and O–H groups in total. The number of hydrogen-bond acceptors (Lipinski definition) is 9. The van der Waals surface area contributed by atoms with E-state index >= 15 is 0 Å². The standard InChI is InChI=1S/C30H34N2O7S/c1-17(2)12-13-39-22-11-9-20(16-24(22)37-6)27-26(29(34)38-7)18(3)31-30-32(27)28(33)25(40-30)15-19-8-10-21(35-4)23(14-19)36-5/h8-11,14-17,27H,12-13H2,1-7H3/b25-15-. The highest BCUT2D eigenvalue weighted by atomic mass is 32.1. The lowest BCUT2D eigenvalue weighted by molar-refractivity contribution is -0.136. The van der Waals surface area contributed by atoms with Crippen LogP contribution in [0.2, 0.25) is 0 Å². The second-order valence-corrected chi connectivity index (χ2v) is 10.6. The second-order valence-electron chi connectivity index (χ2n) is 9.63. The van der Waals surface area contributed by atoms with Crippen LogP contribution in [0.4, 0.5) is 0 Å². The molecule has 0 saturated heterocycles. The van der Waals surface area contributed by atoms with Gasteiger partial charge in [-0.05, 0) is 60.7 Å². The lowest BCUT2D eigenvalue weighted by atomic mass is 9.95. The van der Waals surface area contributed by atoms with Crippen LogP contribution < -0.4 is 33.8 Å². The number of thiazole rings is 1. The van der Waals surface area contributed by atoms with E-state index in [9.17, 15) is 9.59 Å². The quantitative estimate of drug-likeness (QED) is 0.344. The first-order valence-electron chi connectivity index (χ1n) is 12.9. The van der Waals surface area contributed by atoms with Gasteiger partial charge in [0, 0.05) is 0 Å². The number of fused-ring (bicyclic) bond motifs is 1. The van der Waals surface area contributed by atoms with E-state index in [0.29, 0.717) is 56.1 Å². The summed E-state index contributed by atoms with van der Waals surface area (Å²) in [5.74, 6) is 2.18. The van der Waals surface area contributed by atoms with E-state index in [1.165, 1.54) is 23.0 Å². The molecule has 0 saturated carbocycles. The summed E-state index contributed by atoms with van der Waals surface area (Å²) in [6.45, 7) is 6.55. The van der Waals surface area contributed by atoms with E-state index < -0.39 is 12.0 Å². The number of nitrogens with zero attached hydrogens (tertiary/aromatic N) is 2. The molecule has 40 heavy (non-hydrogen) atoms. The topological polar surface area (TPSA) is 97.6 Å². The minimum Gasteiger partial charge on any atom is -0.493 e. The molecule has 9 nitrogen and oxygen atoms in total. The van der Waals surface area contributed by atoms with Crippen molar-refractivity contribution in [2.75, 3.05) is 35.0 Å². The molecule has 3 aromatic rings. The first kappa shape index (κ1) is 28.9. The van der Waals surface area contributed by atoms with Gasteiger partial charge < -0.3 is 23.7 Å². The highest BCUT2D eigenvalue weighted by Crippen LogP contribution is 2.36. The summed E-state index contributed by atoms with van der Waals surface area (Å²) in [4.78, 5) is 31.9. The number of methoxy groups -OCH3 is 4.